The molecule has 68 valence electrons. The molecule has 2 heteroatoms. The van der Waals surface area contributed by atoms with Crippen LogP contribution in [0.2, 0.25) is 0 Å². The zero-order chi connectivity index (χ0) is 8.84. The molecular formula is C11H13NO. The fourth-order valence-corrected chi connectivity index (χ4v) is 2.46. The van der Waals surface area contributed by atoms with Crippen LogP contribution < -0.4 is 10.5 Å². The summed E-state index contributed by atoms with van der Waals surface area (Å²) in [7, 11) is 0. The minimum atomic E-state index is 0.265. The molecule has 13 heavy (non-hydrogen) atoms. The van der Waals surface area contributed by atoms with Crippen molar-refractivity contribution < 1.29 is 4.74 Å². The third-order valence-electron chi connectivity index (χ3n) is 3.14. The van der Waals surface area contributed by atoms with Crippen LogP contribution in [0.1, 0.15) is 29.2 Å². The molecule has 1 aliphatic heterocycles. The number of hydrogen-bond donors (Lipinski definition) is 1. The minimum absolute atomic E-state index is 0.265. The average Bonchev–Trinajstić information content (AvgIpc) is 2.70. The molecule has 3 rings (SSSR count). The fourth-order valence-electron chi connectivity index (χ4n) is 2.46. The van der Waals surface area contributed by atoms with E-state index in [1.807, 2.05) is 0 Å². The average molecular weight is 175 g/mol. The summed E-state index contributed by atoms with van der Waals surface area (Å²) in [5.41, 5.74) is 10.2. The highest BCUT2D eigenvalue weighted by atomic mass is 16.5. The third kappa shape index (κ3) is 0.923. The predicted molar refractivity (Wildman–Crippen MR) is 50.9 cm³/mol. The molecule has 0 spiro atoms. The van der Waals surface area contributed by atoms with Crippen molar-refractivity contribution in [3.05, 3.63) is 28.8 Å². The number of ether oxygens (including phenoxy) is 1. The van der Waals surface area contributed by atoms with Gasteiger partial charge in [-0.15, -0.1) is 0 Å². The van der Waals surface area contributed by atoms with Gasteiger partial charge in [0.15, 0.2) is 0 Å². The first kappa shape index (κ1) is 7.39. The molecule has 0 bridgehead atoms. The molecule has 1 heterocycles. The van der Waals surface area contributed by atoms with Crippen LogP contribution in [0.5, 0.6) is 5.75 Å². The van der Waals surface area contributed by atoms with E-state index in [-0.39, 0.29) is 6.04 Å². The Hall–Kier alpha value is -1.02. The monoisotopic (exact) mass is 175 g/mol. The van der Waals surface area contributed by atoms with E-state index in [1.165, 1.54) is 16.7 Å². The molecule has 0 saturated heterocycles. The Morgan fingerprint density at radius 3 is 3.08 bits per heavy atom. The highest BCUT2D eigenvalue weighted by Gasteiger charge is 2.25. The predicted octanol–water partition coefficient (Wildman–Crippen LogP) is 1.57. The van der Waals surface area contributed by atoms with Gasteiger partial charge in [0.25, 0.3) is 0 Å². The molecule has 0 fully saturated rings. The lowest BCUT2D eigenvalue weighted by atomic mass is 10.0. The number of rotatable bonds is 0. The second-order valence-electron chi connectivity index (χ2n) is 3.85. The first-order chi connectivity index (χ1) is 6.36. The maximum Gasteiger partial charge on any atom is 0.122 e. The minimum Gasteiger partial charge on any atom is -0.493 e. The number of hydrogen-bond acceptors (Lipinski definition) is 2. The molecular weight excluding hydrogens is 162 g/mol. The van der Waals surface area contributed by atoms with E-state index in [0.717, 1.165) is 31.6 Å². The van der Waals surface area contributed by atoms with Gasteiger partial charge in [-0.3, -0.25) is 0 Å². The standard InChI is InChI=1S/C11H13NO/c12-10-3-1-7-8(10)2-4-11-9(7)5-6-13-11/h2,4,10H,1,3,5-6,12H2/t10-/m0/s1. The fraction of sp³-hybridized carbons (Fsp3) is 0.455. The van der Waals surface area contributed by atoms with E-state index < -0.39 is 0 Å². The second kappa shape index (κ2) is 2.48. The Morgan fingerprint density at radius 2 is 2.15 bits per heavy atom. The van der Waals surface area contributed by atoms with E-state index in [0.29, 0.717) is 0 Å². The van der Waals surface area contributed by atoms with Crippen molar-refractivity contribution in [2.75, 3.05) is 6.61 Å². The Labute approximate surface area is 77.7 Å². The molecule has 2 aliphatic rings. The maximum atomic E-state index is 6.00. The van der Waals surface area contributed by atoms with Crippen molar-refractivity contribution in [1.29, 1.82) is 0 Å². The molecule has 1 atom stereocenters. The molecule has 1 aliphatic carbocycles. The highest BCUT2D eigenvalue weighted by molar-refractivity contribution is 5.50. The van der Waals surface area contributed by atoms with Gasteiger partial charge in [0.2, 0.25) is 0 Å². The first-order valence-electron chi connectivity index (χ1n) is 4.89. The summed E-state index contributed by atoms with van der Waals surface area (Å²) >= 11 is 0. The summed E-state index contributed by atoms with van der Waals surface area (Å²) in [6.07, 6.45) is 3.32. The van der Waals surface area contributed by atoms with Crippen LogP contribution in [-0.4, -0.2) is 6.61 Å². The van der Waals surface area contributed by atoms with Gasteiger partial charge >= 0.3 is 0 Å². The molecule has 0 amide bonds. The zero-order valence-electron chi connectivity index (χ0n) is 7.55. The lowest BCUT2D eigenvalue weighted by Crippen LogP contribution is -2.05. The van der Waals surface area contributed by atoms with Crippen LogP contribution in [-0.2, 0) is 12.8 Å². The third-order valence-corrected chi connectivity index (χ3v) is 3.14. The zero-order valence-corrected chi connectivity index (χ0v) is 7.55. The lowest BCUT2D eigenvalue weighted by Gasteiger charge is -2.07. The Bertz CT molecular complexity index is 359. The quantitative estimate of drug-likeness (QED) is 0.649. The molecule has 0 unspecified atom stereocenters. The molecule has 0 radical (unpaired) electrons. The number of fused-ring (bicyclic) bond motifs is 3. The highest BCUT2D eigenvalue weighted by Crippen LogP contribution is 2.38. The second-order valence-corrected chi connectivity index (χ2v) is 3.85. The normalized spacial score (nSPS) is 23.9. The van der Waals surface area contributed by atoms with Crippen molar-refractivity contribution in [1.82, 2.24) is 0 Å². The van der Waals surface area contributed by atoms with Crippen LogP contribution in [0.3, 0.4) is 0 Å². The first-order valence-corrected chi connectivity index (χ1v) is 4.89. The van der Waals surface area contributed by atoms with Crippen molar-refractivity contribution in [2.24, 2.45) is 5.73 Å². The molecule has 2 nitrogen and oxygen atoms in total. The Morgan fingerprint density at radius 1 is 1.23 bits per heavy atom. The van der Waals surface area contributed by atoms with E-state index in [2.05, 4.69) is 12.1 Å². The largest absolute Gasteiger partial charge is 0.493 e. The number of benzene rings is 1. The maximum absolute atomic E-state index is 6.00. The van der Waals surface area contributed by atoms with Crippen molar-refractivity contribution in [3.8, 4) is 5.75 Å². The topological polar surface area (TPSA) is 35.2 Å². The van der Waals surface area contributed by atoms with Gasteiger partial charge in [0.1, 0.15) is 5.75 Å². The van der Waals surface area contributed by atoms with E-state index in [9.17, 15) is 0 Å². The van der Waals surface area contributed by atoms with Crippen molar-refractivity contribution in [3.63, 3.8) is 0 Å². The van der Waals surface area contributed by atoms with Crippen LogP contribution in [0.4, 0.5) is 0 Å². The molecule has 0 saturated carbocycles. The summed E-state index contributed by atoms with van der Waals surface area (Å²) in [6, 6.07) is 4.48. The summed E-state index contributed by atoms with van der Waals surface area (Å²) < 4.78 is 5.52. The Balaban J connectivity index is 2.21. The molecule has 1 aromatic carbocycles. The van der Waals surface area contributed by atoms with E-state index in [1.54, 1.807) is 0 Å². The van der Waals surface area contributed by atoms with Crippen LogP contribution in [0.15, 0.2) is 12.1 Å². The summed E-state index contributed by atoms with van der Waals surface area (Å²) in [4.78, 5) is 0. The van der Waals surface area contributed by atoms with Crippen LogP contribution in [0, 0.1) is 0 Å². The molecule has 1 aromatic rings. The van der Waals surface area contributed by atoms with Crippen molar-refractivity contribution >= 4 is 0 Å². The lowest BCUT2D eigenvalue weighted by molar-refractivity contribution is 0.357. The van der Waals surface area contributed by atoms with Crippen LogP contribution in [0.25, 0.3) is 0 Å². The molecule has 2 N–H and O–H groups in total. The van der Waals surface area contributed by atoms with Gasteiger partial charge in [-0.1, -0.05) is 6.07 Å². The smallest absolute Gasteiger partial charge is 0.122 e. The van der Waals surface area contributed by atoms with Gasteiger partial charge in [0.05, 0.1) is 6.61 Å². The SMILES string of the molecule is N[C@H]1CCc2c1ccc1c2CCO1. The molecule has 0 aromatic heterocycles. The summed E-state index contributed by atoms with van der Waals surface area (Å²) in [5.74, 6) is 1.09. The van der Waals surface area contributed by atoms with Crippen LogP contribution >= 0.6 is 0 Å². The van der Waals surface area contributed by atoms with Gasteiger partial charge in [-0.2, -0.15) is 0 Å². The van der Waals surface area contributed by atoms with Crippen molar-refractivity contribution in [2.45, 2.75) is 25.3 Å². The number of nitrogens with two attached hydrogens (primary N) is 1. The van der Waals surface area contributed by atoms with Gasteiger partial charge in [-0.05, 0) is 30.0 Å². The summed E-state index contributed by atoms with van der Waals surface area (Å²) in [5, 5.41) is 0. The Kier molecular flexibility index (Phi) is 1.41. The van der Waals surface area contributed by atoms with Gasteiger partial charge < -0.3 is 10.5 Å². The van der Waals surface area contributed by atoms with E-state index >= 15 is 0 Å². The van der Waals surface area contributed by atoms with Gasteiger partial charge in [-0.25, -0.2) is 0 Å². The van der Waals surface area contributed by atoms with E-state index in [4.69, 9.17) is 10.5 Å². The van der Waals surface area contributed by atoms with Gasteiger partial charge in [0, 0.05) is 18.0 Å². The summed E-state index contributed by atoms with van der Waals surface area (Å²) in [6.45, 7) is 0.848.